The van der Waals surface area contributed by atoms with Crippen LogP contribution in [0.5, 0.6) is 0 Å². The Balaban J connectivity index is 1.45. The molecule has 1 heterocycles. The van der Waals surface area contributed by atoms with Crippen LogP contribution in [0.4, 0.5) is 17.1 Å². The maximum Gasteiger partial charge on any atom is 0.0640 e. The molecule has 2 heteroatoms. The molecule has 1 aromatic heterocycles. The Hall–Kier alpha value is -4.40. The molecule has 1 nitrogen and oxygen atoms in total. The summed E-state index contributed by atoms with van der Waals surface area (Å²) in [6.07, 6.45) is 0. The summed E-state index contributed by atoms with van der Waals surface area (Å²) in [5.41, 5.74) is 5.96. The molecule has 0 unspecified atom stereocenters. The quantitative estimate of drug-likeness (QED) is 0.244. The lowest BCUT2D eigenvalue weighted by Crippen LogP contribution is -2.09. The Morgan fingerprint density at radius 3 is 1.89 bits per heavy atom. The fraction of sp³-hybridized carbons (Fsp3) is 0. The van der Waals surface area contributed by atoms with Crippen LogP contribution >= 0.6 is 11.3 Å². The summed E-state index contributed by atoms with van der Waals surface area (Å²) in [4.78, 5) is 2.38. The first-order valence-electron chi connectivity index (χ1n) is 12.2. The molecule has 6 aromatic carbocycles. The van der Waals surface area contributed by atoms with Crippen LogP contribution in [0.3, 0.4) is 0 Å². The van der Waals surface area contributed by atoms with E-state index in [2.05, 4.69) is 144 Å². The van der Waals surface area contributed by atoms with Crippen molar-refractivity contribution in [3.8, 4) is 11.1 Å². The molecule has 0 atom stereocenters. The zero-order valence-electron chi connectivity index (χ0n) is 19.6. The van der Waals surface area contributed by atoms with Gasteiger partial charge >= 0.3 is 0 Å². The predicted octanol–water partition coefficient (Wildman–Crippen LogP) is 10.3. The van der Waals surface area contributed by atoms with E-state index in [9.17, 15) is 0 Å². The van der Waals surface area contributed by atoms with Gasteiger partial charge < -0.3 is 4.90 Å². The molecule has 0 aliphatic rings. The monoisotopic (exact) mass is 477 g/mol. The molecule has 170 valence electrons. The molecule has 0 saturated carbocycles. The van der Waals surface area contributed by atoms with Crippen molar-refractivity contribution in [2.24, 2.45) is 0 Å². The Labute approximate surface area is 214 Å². The summed E-state index contributed by atoms with van der Waals surface area (Å²) in [7, 11) is 0. The summed E-state index contributed by atoms with van der Waals surface area (Å²) in [6, 6.07) is 50.1. The van der Waals surface area contributed by atoms with E-state index in [1.807, 2.05) is 11.3 Å². The number of thiophene rings is 1. The number of fused-ring (bicyclic) bond motifs is 5. The van der Waals surface area contributed by atoms with Crippen molar-refractivity contribution >= 4 is 59.3 Å². The van der Waals surface area contributed by atoms with Crippen molar-refractivity contribution in [1.82, 2.24) is 0 Å². The van der Waals surface area contributed by atoms with Gasteiger partial charge in [-0.15, -0.1) is 11.3 Å². The predicted molar refractivity (Wildman–Crippen MR) is 157 cm³/mol. The molecule has 0 aliphatic heterocycles. The number of hydrogen-bond donors (Lipinski definition) is 0. The van der Waals surface area contributed by atoms with Crippen molar-refractivity contribution in [1.29, 1.82) is 0 Å². The molecule has 36 heavy (non-hydrogen) atoms. The SMILES string of the molecule is c1ccc(-c2ccc(N(c3ccccc3)c3cccc4c3sc3ccc5ccccc5c34)cc2)cc1. The minimum atomic E-state index is 1.15. The van der Waals surface area contributed by atoms with Crippen LogP contribution in [-0.2, 0) is 0 Å². The van der Waals surface area contributed by atoms with Crippen LogP contribution in [0.15, 0.2) is 140 Å². The molecular weight excluding hydrogens is 454 g/mol. The van der Waals surface area contributed by atoms with Gasteiger partial charge in [-0.1, -0.05) is 103 Å². The Morgan fingerprint density at radius 1 is 0.444 bits per heavy atom. The highest BCUT2D eigenvalue weighted by atomic mass is 32.1. The molecular formula is C34H23NS. The van der Waals surface area contributed by atoms with Gasteiger partial charge in [-0.05, 0) is 58.3 Å². The number of nitrogens with zero attached hydrogens (tertiary/aromatic N) is 1. The second kappa shape index (κ2) is 8.67. The van der Waals surface area contributed by atoms with Crippen LogP contribution in [0.1, 0.15) is 0 Å². The third-order valence-corrected chi connectivity index (χ3v) is 8.05. The number of rotatable bonds is 4. The molecule has 0 aliphatic carbocycles. The number of benzene rings is 6. The van der Waals surface area contributed by atoms with Crippen molar-refractivity contribution in [3.63, 3.8) is 0 Å². The van der Waals surface area contributed by atoms with Crippen molar-refractivity contribution in [2.45, 2.75) is 0 Å². The Morgan fingerprint density at radius 2 is 1.08 bits per heavy atom. The molecule has 0 saturated heterocycles. The normalized spacial score (nSPS) is 11.3. The zero-order chi connectivity index (χ0) is 23.9. The van der Waals surface area contributed by atoms with Gasteiger partial charge in [0.2, 0.25) is 0 Å². The summed E-state index contributed by atoms with van der Waals surface area (Å²) in [5.74, 6) is 0. The van der Waals surface area contributed by atoms with Crippen LogP contribution < -0.4 is 4.90 Å². The lowest BCUT2D eigenvalue weighted by Gasteiger charge is -2.26. The van der Waals surface area contributed by atoms with Gasteiger partial charge in [-0.2, -0.15) is 0 Å². The molecule has 0 N–H and O–H groups in total. The summed E-state index contributed by atoms with van der Waals surface area (Å²) in [5, 5.41) is 5.26. The van der Waals surface area contributed by atoms with Gasteiger partial charge in [-0.25, -0.2) is 0 Å². The highest BCUT2D eigenvalue weighted by molar-refractivity contribution is 7.26. The van der Waals surface area contributed by atoms with Crippen LogP contribution in [-0.4, -0.2) is 0 Å². The highest BCUT2D eigenvalue weighted by Gasteiger charge is 2.18. The van der Waals surface area contributed by atoms with Gasteiger partial charge in [0, 0.05) is 26.8 Å². The third-order valence-electron chi connectivity index (χ3n) is 6.85. The maximum atomic E-state index is 2.38. The third kappa shape index (κ3) is 3.46. The van der Waals surface area contributed by atoms with E-state index in [0.717, 1.165) is 11.4 Å². The fourth-order valence-corrected chi connectivity index (χ4v) is 6.39. The van der Waals surface area contributed by atoms with Crippen LogP contribution in [0, 0.1) is 0 Å². The maximum absolute atomic E-state index is 2.38. The van der Waals surface area contributed by atoms with E-state index in [0.29, 0.717) is 0 Å². The second-order valence-corrected chi connectivity index (χ2v) is 10.1. The lowest BCUT2D eigenvalue weighted by atomic mass is 10.0. The van der Waals surface area contributed by atoms with E-state index in [-0.39, 0.29) is 0 Å². The average Bonchev–Trinajstić information content (AvgIpc) is 3.35. The molecule has 7 rings (SSSR count). The number of anilines is 3. The Bertz CT molecular complexity index is 1820. The smallest absolute Gasteiger partial charge is 0.0640 e. The minimum absolute atomic E-state index is 1.15. The number of para-hydroxylation sites is 1. The first-order valence-corrected chi connectivity index (χ1v) is 13.0. The van der Waals surface area contributed by atoms with Gasteiger partial charge in [0.1, 0.15) is 0 Å². The van der Waals surface area contributed by atoms with Gasteiger partial charge in [-0.3, -0.25) is 0 Å². The van der Waals surface area contributed by atoms with Gasteiger partial charge in [0.25, 0.3) is 0 Å². The lowest BCUT2D eigenvalue weighted by molar-refractivity contribution is 1.30. The summed E-state index contributed by atoms with van der Waals surface area (Å²) >= 11 is 1.88. The standard InChI is InChI=1S/C34H23NS/c1-3-10-24(11-4-1)25-18-21-28(22-19-25)35(27-13-5-2-6-14-27)31-17-9-16-30-33-29-15-8-7-12-26(29)20-23-32(33)36-34(30)31/h1-23H. The fourth-order valence-electron chi connectivity index (χ4n) is 5.17. The van der Waals surface area contributed by atoms with Crippen LogP contribution in [0.2, 0.25) is 0 Å². The zero-order valence-corrected chi connectivity index (χ0v) is 20.5. The second-order valence-electron chi connectivity index (χ2n) is 9.00. The van der Waals surface area contributed by atoms with E-state index in [1.54, 1.807) is 0 Å². The largest absolute Gasteiger partial charge is 0.309 e. The van der Waals surface area contributed by atoms with E-state index in [1.165, 1.54) is 47.8 Å². The van der Waals surface area contributed by atoms with Crippen LogP contribution in [0.25, 0.3) is 42.1 Å². The van der Waals surface area contributed by atoms with Crippen molar-refractivity contribution in [3.05, 3.63) is 140 Å². The van der Waals surface area contributed by atoms with E-state index in [4.69, 9.17) is 0 Å². The number of hydrogen-bond acceptors (Lipinski definition) is 2. The minimum Gasteiger partial charge on any atom is -0.309 e. The van der Waals surface area contributed by atoms with Gasteiger partial charge in [0.15, 0.2) is 0 Å². The first-order chi connectivity index (χ1) is 17.9. The molecule has 0 fully saturated rings. The first kappa shape index (κ1) is 20.9. The topological polar surface area (TPSA) is 3.24 Å². The Kier molecular flexibility index (Phi) is 5.04. The molecule has 0 spiro atoms. The summed E-state index contributed by atoms with van der Waals surface area (Å²) < 4.78 is 2.63. The molecule has 0 radical (unpaired) electrons. The van der Waals surface area contributed by atoms with Crippen molar-refractivity contribution < 1.29 is 0 Å². The summed E-state index contributed by atoms with van der Waals surface area (Å²) in [6.45, 7) is 0. The molecule has 7 aromatic rings. The molecule has 0 bridgehead atoms. The van der Waals surface area contributed by atoms with Crippen molar-refractivity contribution in [2.75, 3.05) is 4.90 Å². The average molecular weight is 478 g/mol. The molecule has 0 amide bonds. The van der Waals surface area contributed by atoms with E-state index < -0.39 is 0 Å². The highest BCUT2D eigenvalue weighted by Crippen LogP contribution is 2.46. The van der Waals surface area contributed by atoms with Gasteiger partial charge in [0.05, 0.1) is 10.4 Å². The van der Waals surface area contributed by atoms with E-state index >= 15 is 0 Å².